The van der Waals surface area contributed by atoms with E-state index in [0.717, 1.165) is 0 Å². The highest BCUT2D eigenvalue weighted by Crippen LogP contribution is 2.39. The predicted molar refractivity (Wildman–Crippen MR) is 85.2 cm³/mol. The summed E-state index contributed by atoms with van der Waals surface area (Å²) < 4.78 is 29.3. The van der Waals surface area contributed by atoms with E-state index in [0.29, 0.717) is 22.7 Å². The predicted octanol–water partition coefficient (Wildman–Crippen LogP) is 3.41. The number of benzene rings is 2. The Morgan fingerprint density at radius 1 is 1.00 bits per heavy atom. The van der Waals surface area contributed by atoms with Crippen molar-refractivity contribution in [2.75, 3.05) is 26.6 Å². The lowest BCUT2D eigenvalue weighted by molar-refractivity contribution is 0.102. The molecule has 0 aliphatic heterocycles. The Kier molecular flexibility index (Phi) is 5.05. The van der Waals surface area contributed by atoms with Crippen LogP contribution in [0.2, 0.25) is 0 Å². The Morgan fingerprint density at radius 2 is 1.70 bits per heavy atom. The summed E-state index contributed by atoms with van der Waals surface area (Å²) in [6, 6.07) is 7.65. The van der Waals surface area contributed by atoms with Crippen molar-refractivity contribution in [2.24, 2.45) is 0 Å². The van der Waals surface area contributed by atoms with Crippen LogP contribution in [0.25, 0.3) is 0 Å². The summed E-state index contributed by atoms with van der Waals surface area (Å²) in [7, 11) is 4.38. The zero-order valence-electron chi connectivity index (χ0n) is 13.4. The molecule has 2 aromatic carbocycles. The van der Waals surface area contributed by atoms with Crippen molar-refractivity contribution < 1.29 is 23.4 Å². The van der Waals surface area contributed by atoms with Crippen LogP contribution in [0.1, 0.15) is 15.9 Å². The molecule has 1 amide bonds. The number of hydrogen-bond acceptors (Lipinski definition) is 4. The van der Waals surface area contributed by atoms with Crippen molar-refractivity contribution in [3.63, 3.8) is 0 Å². The van der Waals surface area contributed by atoms with E-state index >= 15 is 0 Å². The zero-order chi connectivity index (χ0) is 17.0. The van der Waals surface area contributed by atoms with Crippen LogP contribution in [0.5, 0.6) is 17.2 Å². The molecular weight excluding hydrogens is 301 g/mol. The van der Waals surface area contributed by atoms with Gasteiger partial charge in [-0.2, -0.15) is 0 Å². The number of carbonyl (C=O) groups excluding carboxylic acids is 1. The number of carbonyl (C=O) groups is 1. The van der Waals surface area contributed by atoms with Crippen molar-refractivity contribution in [1.82, 2.24) is 0 Å². The normalized spacial score (nSPS) is 10.1. The molecule has 0 bridgehead atoms. The molecule has 122 valence electrons. The first-order valence-electron chi connectivity index (χ1n) is 6.88. The van der Waals surface area contributed by atoms with Gasteiger partial charge in [-0.3, -0.25) is 4.79 Å². The fourth-order valence-corrected chi connectivity index (χ4v) is 2.15. The molecule has 2 rings (SSSR count). The lowest BCUT2D eigenvalue weighted by atomic mass is 10.1. The van der Waals surface area contributed by atoms with Crippen LogP contribution in [0.4, 0.5) is 10.1 Å². The second-order valence-electron chi connectivity index (χ2n) is 4.80. The van der Waals surface area contributed by atoms with Gasteiger partial charge in [-0.1, -0.05) is 6.07 Å². The van der Waals surface area contributed by atoms with E-state index in [1.807, 2.05) is 0 Å². The Labute approximate surface area is 134 Å². The molecule has 0 radical (unpaired) electrons. The molecule has 6 heteroatoms. The standard InChI is InChI=1S/C17H18FNO4/c1-10-5-6-11(9-13(10)18)19-17(20)12-7-8-14(21-2)16(23-4)15(12)22-3/h5-9H,1-4H3,(H,19,20). The minimum Gasteiger partial charge on any atom is -0.493 e. The van der Waals surface area contributed by atoms with Gasteiger partial charge in [-0.15, -0.1) is 0 Å². The molecule has 0 aliphatic carbocycles. The van der Waals surface area contributed by atoms with Crippen LogP contribution in [0.3, 0.4) is 0 Å². The molecule has 5 nitrogen and oxygen atoms in total. The molecule has 1 N–H and O–H groups in total. The van der Waals surface area contributed by atoms with Gasteiger partial charge in [0.15, 0.2) is 11.5 Å². The van der Waals surface area contributed by atoms with Crippen LogP contribution in [-0.2, 0) is 0 Å². The third kappa shape index (κ3) is 3.36. The van der Waals surface area contributed by atoms with Gasteiger partial charge in [0, 0.05) is 5.69 Å². The minimum absolute atomic E-state index is 0.247. The molecule has 0 unspecified atom stereocenters. The van der Waals surface area contributed by atoms with Gasteiger partial charge in [0.05, 0.1) is 26.9 Å². The summed E-state index contributed by atoms with van der Waals surface area (Å²) in [5.41, 5.74) is 1.12. The molecule has 0 saturated heterocycles. The number of amides is 1. The molecule has 0 fully saturated rings. The van der Waals surface area contributed by atoms with E-state index in [-0.39, 0.29) is 17.1 Å². The average Bonchev–Trinajstić information content (AvgIpc) is 2.56. The van der Waals surface area contributed by atoms with Gasteiger partial charge in [-0.05, 0) is 36.8 Å². The molecule has 0 heterocycles. The van der Waals surface area contributed by atoms with E-state index in [2.05, 4.69) is 5.32 Å². The summed E-state index contributed by atoms with van der Waals surface area (Å²) >= 11 is 0. The molecule has 0 atom stereocenters. The van der Waals surface area contributed by atoms with Crippen molar-refractivity contribution in [2.45, 2.75) is 6.92 Å². The number of ether oxygens (including phenoxy) is 3. The van der Waals surface area contributed by atoms with Crippen LogP contribution in [0.15, 0.2) is 30.3 Å². The van der Waals surface area contributed by atoms with Gasteiger partial charge in [0.1, 0.15) is 5.82 Å². The first kappa shape index (κ1) is 16.6. The maximum Gasteiger partial charge on any atom is 0.259 e. The highest BCUT2D eigenvalue weighted by Gasteiger charge is 2.20. The molecule has 0 aromatic heterocycles. The number of methoxy groups -OCH3 is 3. The van der Waals surface area contributed by atoms with Gasteiger partial charge >= 0.3 is 0 Å². The van der Waals surface area contributed by atoms with Gasteiger partial charge < -0.3 is 19.5 Å². The van der Waals surface area contributed by atoms with Gasteiger partial charge in [-0.25, -0.2) is 4.39 Å². The van der Waals surface area contributed by atoms with Crippen molar-refractivity contribution in [1.29, 1.82) is 0 Å². The topological polar surface area (TPSA) is 56.8 Å². The van der Waals surface area contributed by atoms with Crippen LogP contribution < -0.4 is 19.5 Å². The summed E-state index contributed by atoms with van der Waals surface area (Å²) in [5.74, 6) is 0.185. The SMILES string of the molecule is COc1ccc(C(=O)Nc2ccc(C)c(F)c2)c(OC)c1OC. The lowest BCUT2D eigenvalue weighted by Gasteiger charge is -2.15. The summed E-state index contributed by atoms with van der Waals surface area (Å²) in [4.78, 5) is 12.4. The van der Waals surface area contributed by atoms with Crippen molar-refractivity contribution in [3.05, 3.63) is 47.3 Å². The number of rotatable bonds is 5. The summed E-state index contributed by atoms with van der Waals surface area (Å²) in [6.45, 7) is 1.65. The number of anilines is 1. The summed E-state index contributed by atoms with van der Waals surface area (Å²) in [6.07, 6.45) is 0. The number of nitrogens with one attached hydrogen (secondary N) is 1. The fraction of sp³-hybridized carbons (Fsp3) is 0.235. The number of halogens is 1. The molecule has 0 saturated carbocycles. The minimum atomic E-state index is -0.439. The number of hydrogen-bond donors (Lipinski definition) is 1. The van der Waals surface area contributed by atoms with Crippen molar-refractivity contribution in [3.8, 4) is 17.2 Å². The third-order valence-corrected chi connectivity index (χ3v) is 3.38. The maximum absolute atomic E-state index is 13.6. The maximum atomic E-state index is 13.6. The monoisotopic (exact) mass is 319 g/mol. The van der Waals surface area contributed by atoms with Gasteiger partial charge in [0.2, 0.25) is 5.75 Å². The van der Waals surface area contributed by atoms with E-state index in [9.17, 15) is 9.18 Å². The van der Waals surface area contributed by atoms with Crippen LogP contribution in [0, 0.1) is 12.7 Å². The second-order valence-corrected chi connectivity index (χ2v) is 4.80. The smallest absolute Gasteiger partial charge is 0.259 e. The van der Waals surface area contributed by atoms with E-state index < -0.39 is 5.91 Å². The Balaban J connectivity index is 2.37. The van der Waals surface area contributed by atoms with E-state index in [4.69, 9.17) is 14.2 Å². The van der Waals surface area contributed by atoms with Gasteiger partial charge in [0.25, 0.3) is 5.91 Å². The molecular formula is C17H18FNO4. The molecule has 0 aliphatic rings. The first-order chi connectivity index (χ1) is 11.0. The number of aryl methyl sites for hydroxylation is 1. The van der Waals surface area contributed by atoms with E-state index in [1.165, 1.54) is 27.4 Å². The lowest BCUT2D eigenvalue weighted by Crippen LogP contribution is -2.14. The average molecular weight is 319 g/mol. The fourth-order valence-electron chi connectivity index (χ4n) is 2.15. The van der Waals surface area contributed by atoms with Crippen LogP contribution in [-0.4, -0.2) is 27.2 Å². The molecule has 0 spiro atoms. The van der Waals surface area contributed by atoms with E-state index in [1.54, 1.807) is 31.2 Å². The van der Waals surface area contributed by atoms with Crippen molar-refractivity contribution >= 4 is 11.6 Å². The Morgan fingerprint density at radius 3 is 2.26 bits per heavy atom. The highest BCUT2D eigenvalue weighted by molar-refractivity contribution is 6.07. The van der Waals surface area contributed by atoms with Crippen LogP contribution >= 0.6 is 0 Å². The summed E-state index contributed by atoms with van der Waals surface area (Å²) in [5, 5.41) is 2.63. The Bertz CT molecular complexity index is 731. The molecule has 2 aromatic rings. The third-order valence-electron chi connectivity index (χ3n) is 3.38. The largest absolute Gasteiger partial charge is 0.493 e. The molecule has 23 heavy (non-hydrogen) atoms. The Hall–Kier alpha value is -2.76. The zero-order valence-corrected chi connectivity index (χ0v) is 13.4. The quantitative estimate of drug-likeness (QED) is 0.917. The second kappa shape index (κ2) is 7.00. The first-order valence-corrected chi connectivity index (χ1v) is 6.88. The highest BCUT2D eigenvalue weighted by atomic mass is 19.1.